The molecule has 0 aliphatic carbocycles. The molecule has 0 aliphatic heterocycles. The summed E-state index contributed by atoms with van der Waals surface area (Å²) in [4.78, 5) is 0. The first-order chi connectivity index (χ1) is 6.85. The van der Waals surface area contributed by atoms with E-state index in [-0.39, 0.29) is 0 Å². The molecule has 0 heterocycles. The summed E-state index contributed by atoms with van der Waals surface area (Å²) < 4.78 is 26.9. The van der Waals surface area contributed by atoms with Crippen LogP contribution in [0.2, 0.25) is 5.02 Å². The zero-order valence-corrected chi connectivity index (χ0v) is 9.91. The molecule has 15 heavy (non-hydrogen) atoms. The molecule has 0 atom stereocenters. The van der Waals surface area contributed by atoms with Crippen LogP contribution in [0.3, 0.4) is 0 Å². The maximum atomic E-state index is 11.2. The summed E-state index contributed by atoms with van der Waals surface area (Å²) in [5.41, 5.74) is 7.09. The highest BCUT2D eigenvalue weighted by atomic mass is 35.5. The highest BCUT2D eigenvalue weighted by Crippen LogP contribution is 2.26. The fourth-order valence-corrected chi connectivity index (χ4v) is 1.78. The van der Waals surface area contributed by atoms with Crippen LogP contribution in [0.15, 0.2) is 12.1 Å². The van der Waals surface area contributed by atoms with Gasteiger partial charge in [0, 0.05) is 7.05 Å². The topological polar surface area (TPSA) is 84.2 Å². The molecule has 0 unspecified atom stereocenters. The highest BCUT2D eigenvalue weighted by Gasteiger charge is 2.10. The van der Waals surface area contributed by atoms with E-state index >= 15 is 0 Å². The smallest absolute Gasteiger partial charge is 0.298 e. The Morgan fingerprint density at radius 2 is 2.00 bits per heavy atom. The molecule has 0 aromatic heterocycles. The molecule has 1 rings (SSSR count). The standard InChI is InChI=1S/C8H12ClN3O2S/c1-5-3-7(10)6(9)4-8(5)12-15(13,14)11-2/h3-4,11-12H,10H2,1-2H3. The number of nitrogen functional groups attached to an aromatic ring is 1. The average molecular weight is 250 g/mol. The van der Waals surface area contributed by atoms with E-state index in [2.05, 4.69) is 9.44 Å². The maximum absolute atomic E-state index is 11.2. The lowest BCUT2D eigenvalue weighted by Crippen LogP contribution is -2.26. The van der Waals surface area contributed by atoms with E-state index in [1.807, 2.05) is 0 Å². The molecule has 5 nitrogen and oxygen atoms in total. The molecular formula is C8H12ClN3O2S. The van der Waals surface area contributed by atoms with Gasteiger partial charge in [-0.05, 0) is 24.6 Å². The molecule has 0 amide bonds. The summed E-state index contributed by atoms with van der Waals surface area (Å²) in [5.74, 6) is 0. The number of aryl methyl sites for hydroxylation is 1. The summed E-state index contributed by atoms with van der Waals surface area (Å²) in [6, 6.07) is 3.08. The van der Waals surface area contributed by atoms with Crippen molar-refractivity contribution in [3.8, 4) is 0 Å². The molecule has 84 valence electrons. The molecule has 0 fully saturated rings. The van der Waals surface area contributed by atoms with Crippen molar-refractivity contribution >= 4 is 33.2 Å². The molecule has 0 saturated heterocycles. The lowest BCUT2D eigenvalue weighted by Gasteiger charge is -2.10. The zero-order valence-electron chi connectivity index (χ0n) is 8.33. The van der Waals surface area contributed by atoms with Gasteiger partial charge < -0.3 is 5.73 Å². The van der Waals surface area contributed by atoms with E-state index in [1.165, 1.54) is 13.1 Å². The van der Waals surface area contributed by atoms with Crippen LogP contribution >= 0.6 is 11.6 Å². The largest absolute Gasteiger partial charge is 0.398 e. The van der Waals surface area contributed by atoms with Crippen LogP contribution in [-0.4, -0.2) is 15.5 Å². The van der Waals surface area contributed by atoms with Crippen LogP contribution in [0.25, 0.3) is 0 Å². The van der Waals surface area contributed by atoms with Crippen LogP contribution in [0.4, 0.5) is 11.4 Å². The molecule has 0 saturated carbocycles. The van der Waals surface area contributed by atoms with Crippen molar-refractivity contribution in [3.05, 3.63) is 22.7 Å². The molecule has 0 aliphatic rings. The number of anilines is 2. The van der Waals surface area contributed by atoms with E-state index in [9.17, 15) is 8.42 Å². The minimum absolute atomic E-state index is 0.314. The fourth-order valence-electron chi connectivity index (χ4n) is 1.01. The van der Waals surface area contributed by atoms with Gasteiger partial charge in [0.15, 0.2) is 0 Å². The quantitative estimate of drug-likeness (QED) is 0.702. The number of benzene rings is 1. The van der Waals surface area contributed by atoms with Gasteiger partial charge in [-0.1, -0.05) is 11.6 Å². The number of nitrogens with two attached hydrogens (primary N) is 1. The van der Waals surface area contributed by atoms with Gasteiger partial charge in [-0.15, -0.1) is 0 Å². The third kappa shape index (κ3) is 2.98. The number of nitrogens with one attached hydrogen (secondary N) is 2. The van der Waals surface area contributed by atoms with Crippen molar-refractivity contribution in [2.75, 3.05) is 17.5 Å². The van der Waals surface area contributed by atoms with Crippen molar-refractivity contribution in [1.82, 2.24) is 4.72 Å². The van der Waals surface area contributed by atoms with Gasteiger partial charge in [-0.3, -0.25) is 4.72 Å². The summed E-state index contributed by atoms with van der Waals surface area (Å²) >= 11 is 5.78. The van der Waals surface area contributed by atoms with Gasteiger partial charge in [-0.25, -0.2) is 4.72 Å². The molecule has 0 bridgehead atoms. The second-order valence-electron chi connectivity index (χ2n) is 3.00. The summed E-state index contributed by atoms with van der Waals surface area (Å²) in [5, 5.41) is 0.314. The van der Waals surface area contributed by atoms with Gasteiger partial charge in [0.05, 0.1) is 16.4 Å². The summed E-state index contributed by atoms with van der Waals surface area (Å²) in [6.07, 6.45) is 0. The average Bonchev–Trinajstić information content (AvgIpc) is 2.14. The predicted molar refractivity (Wildman–Crippen MR) is 62.2 cm³/mol. The first-order valence-corrected chi connectivity index (χ1v) is 5.99. The third-order valence-electron chi connectivity index (χ3n) is 1.86. The molecule has 7 heteroatoms. The molecule has 4 N–H and O–H groups in total. The van der Waals surface area contributed by atoms with Crippen LogP contribution in [0.1, 0.15) is 5.56 Å². The second-order valence-corrected chi connectivity index (χ2v) is 5.02. The van der Waals surface area contributed by atoms with Crippen molar-refractivity contribution in [2.45, 2.75) is 6.92 Å². The Bertz CT molecular complexity index is 473. The zero-order chi connectivity index (χ0) is 11.6. The van der Waals surface area contributed by atoms with Gasteiger partial charge in [-0.2, -0.15) is 8.42 Å². The van der Waals surface area contributed by atoms with Crippen LogP contribution < -0.4 is 15.2 Å². The Labute approximate surface area is 93.8 Å². The normalized spacial score (nSPS) is 11.4. The van der Waals surface area contributed by atoms with Gasteiger partial charge in [0.2, 0.25) is 0 Å². The minimum atomic E-state index is -3.52. The van der Waals surface area contributed by atoms with E-state index < -0.39 is 10.2 Å². The van der Waals surface area contributed by atoms with E-state index in [1.54, 1.807) is 13.0 Å². The molecule has 0 radical (unpaired) electrons. The minimum Gasteiger partial charge on any atom is -0.398 e. The highest BCUT2D eigenvalue weighted by molar-refractivity contribution is 7.90. The van der Waals surface area contributed by atoms with Crippen LogP contribution in [0, 0.1) is 6.92 Å². The number of hydrogen-bond acceptors (Lipinski definition) is 3. The van der Waals surface area contributed by atoms with Crippen molar-refractivity contribution < 1.29 is 8.42 Å². The monoisotopic (exact) mass is 249 g/mol. The Hall–Kier alpha value is -0.980. The fraction of sp³-hybridized carbons (Fsp3) is 0.250. The van der Waals surface area contributed by atoms with Crippen LogP contribution in [-0.2, 0) is 10.2 Å². The van der Waals surface area contributed by atoms with Crippen LogP contribution in [0.5, 0.6) is 0 Å². The van der Waals surface area contributed by atoms with Crippen molar-refractivity contribution in [1.29, 1.82) is 0 Å². The van der Waals surface area contributed by atoms with Crippen molar-refractivity contribution in [3.63, 3.8) is 0 Å². The Kier molecular flexibility index (Phi) is 3.43. The number of rotatable bonds is 3. The Morgan fingerprint density at radius 3 is 2.53 bits per heavy atom. The lowest BCUT2D eigenvalue weighted by molar-refractivity contribution is 0.593. The predicted octanol–water partition coefficient (Wildman–Crippen LogP) is 1.11. The Morgan fingerprint density at radius 1 is 1.40 bits per heavy atom. The van der Waals surface area contributed by atoms with Gasteiger partial charge in [0.1, 0.15) is 0 Å². The molecular weight excluding hydrogens is 238 g/mol. The Balaban J connectivity index is 3.12. The molecule has 1 aromatic carbocycles. The summed E-state index contributed by atoms with van der Waals surface area (Å²) in [7, 11) is -2.21. The SMILES string of the molecule is CNS(=O)(=O)Nc1cc(Cl)c(N)cc1C. The first-order valence-electron chi connectivity index (χ1n) is 4.12. The van der Waals surface area contributed by atoms with Crippen molar-refractivity contribution in [2.24, 2.45) is 0 Å². The summed E-state index contributed by atoms with van der Waals surface area (Å²) in [6.45, 7) is 1.74. The van der Waals surface area contributed by atoms with Gasteiger partial charge in [0.25, 0.3) is 10.2 Å². The van der Waals surface area contributed by atoms with E-state index in [0.717, 1.165) is 0 Å². The first kappa shape index (κ1) is 12.1. The second kappa shape index (κ2) is 4.26. The maximum Gasteiger partial charge on any atom is 0.298 e. The molecule has 0 spiro atoms. The number of halogens is 1. The number of hydrogen-bond donors (Lipinski definition) is 3. The lowest BCUT2D eigenvalue weighted by atomic mass is 10.2. The molecule has 1 aromatic rings. The van der Waals surface area contributed by atoms with Gasteiger partial charge >= 0.3 is 0 Å². The van der Waals surface area contributed by atoms with E-state index in [4.69, 9.17) is 17.3 Å². The third-order valence-corrected chi connectivity index (χ3v) is 3.21. The van der Waals surface area contributed by atoms with E-state index in [0.29, 0.717) is 22.0 Å².